The molecular formula is C32H22F2O8. The monoisotopic (exact) mass is 572 g/mol. The van der Waals surface area contributed by atoms with Crippen LogP contribution in [0.1, 0.15) is 11.1 Å². The predicted molar refractivity (Wildman–Crippen MR) is 150 cm³/mol. The Hall–Kier alpha value is -5.90. The van der Waals surface area contributed by atoms with Gasteiger partial charge < -0.3 is 18.9 Å². The van der Waals surface area contributed by atoms with Crippen LogP contribution in [0.2, 0.25) is 0 Å². The summed E-state index contributed by atoms with van der Waals surface area (Å²) in [6.07, 6.45) is 6.30. The first kappa shape index (κ1) is 30.6. The average molecular weight is 573 g/mol. The Morgan fingerprint density at radius 3 is 1.55 bits per heavy atom. The van der Waals surface area contributed by atoms with E-state index in [2.05, 4.69) is 26.3 Å². The van der Waals surface area contributed by atoms with Crippen LogP contribution in [0.15, 0.2) is 99.2 Å². The lowest BCUT2D eigenvalue weighted by atomic mass is 10.0. The molecule has 0 spiro atoms. The average Bonchev–Trinajstić information content (AvgIpc) is 2.99. The molecular weight excluding hydrogens is 550 g/mol. The molecule has 0 radical (unpaired) electrons. The fourth-order valence-corrected chi connectivity index (χ4v) is 3.33. The third-order valence-electron chi connectivity index (χ3n) is 5.30. The summed E-state index contributed by atoms with van der Waals surface area (Å²) in [5, 5.41) is 0. The van der Waals surface area contributed by atoms with Gasteiger partial charge in [0.15, 0.2) is 34.6 Å². The highest BCUT2D eigenvalue weighted by Gasteiger charge is 2.18. The van der Waals surface area contributed by atoms with Gasteiger partial charge in [-0.05, 0) is 35.4 Å². The number of benzene rings is 3. The van der Waals surface area contributed by atoms with Gasteiger partial charge in [0.2, 0.25) is 0 Å². The molecule has 0 aliphatic heterocycles. The van der Waals surface area contributed by atoms with Crippen molar-refractivity contribution in [3.05, 3.63) is 122 Å². The first-order valence-corrected chi connectivity index (χ1v) is 11.9. The zero-order valence-corrected chi connectivity index (χ0v) is 21.9. The minimum Gasteiger partial charge on any atom is -0.419 e. The van der Waals surface area contributed by atoms with Crippen molar-refractivity contribution < 1.29 is 46.9 Å². The van der Waals surface area contributed by atoms with Crippen molar-refractivity contribution in [2.75, 3.05) is 0 Å². The summed E-state index contributed by atoms with van der Waals surface area (Å²) in [5.74, 6) is -6.27. The molecule has 0 aliphatic carbocycles. The molecule has 0 amide bonds. The summed E-state index contributed by atoms with van der Waals surface area (Å²) in [6, 6.07) is 10.6. The van der Waals surface area contributed by atoms with Gasteiger partial charge in [0.25, 0.3) is 0 Å². The zero-order valence-electron chi connectivity index (χ0n) is 21.9. The Balaban J connectivity index is 1.96. The van der Waals surface area contributed by atoms with Crippen LogP contribution in [0.4, 0.5) is 8.78 Å². The molecule has 0 aromatic heterocycles. The maximum Gasteiger partial charge on any atom is 0.335 e. The molecule has 0 fully saturated rings. The Kier molecular flexibility index (Phi) is 10.2. The summed E-state index contributed by atoms with van der Waals surface area (Å²) < 4.78 is 50.6. The number of rotatable bonds is 11. The Labute approximate surface area is 239 Å². The van der Waals surface area contributed by atoms with Gasteiger partial charge in [0.05, 0.1) is 0 Å². The maximum absolute atomic E-state index is 15.2. The summed E-state index contributed by atoms with van der Waals surface area (Å²) in [7, 11) is 0. The highest BCUT2D eigenvalue weighted by atomic mass is 19.2. The molecule has 42 heavy (non-hydrogen) atoms. The van der Waals surface area contributed by atoms with E-state index in [0.717, 1.165) is 24.3 Å². The van der Waals surface area contributed by atoms with Crippen molar-refractivity contribution in [3.8, 4) is 34.1 Å². The van der Waals surface area contributed by atoms with Gasteiger partial charge in [0, 0.05) is 35.4 Å². The van der Waals surface area contributed by atoms with E-state index in [4.69, 9.17) is 18.9 Å². The number of ether oxygens (including phenoxy) is 4. The summed E-state index contributed by atoms with van der Waals surface area (Å²) in [6.45, 7) is 13.2. The van der Waals surface area contributed by atoms with Gasteiger partial charge in [-0.25, -0.2) is 28.0 Å². The molecule has 0 saturated heterocycles. The minimum atomic E-state index is -1.21. The molecule has 10 heteroatoms. The smallest absolute Gasteiger partial charge is 0.335 e. The van der Waals surface area contributed by atoms with E-state index in [1.54, 1.807) is 0 Å². The van der Waals surface area contributed by atoms with E-state index >= 15 is 8.78 Å². The van der Waals surface area contributed by atoms with Gasteiger partial charge in [-0.2, -0.15) is 0 Å². The molecule has 0 heterocycles. The molecule has 3 aromatic rings. The van der Waals surface area contributed by atoms with Gasteiger partial charge >= 0.3 is 23.9 Å². The second kappa shape index (κ2) is 13.9. The Morgan fingerprint density at radius 2 is 1.02 bits per heavy atom. The molecule has 3 rings (SSSR count). The van der Waals surface area contributed by atoms with Crippen LogP contribution < -0.4 is 18.9 Å². The van der Waals surface area contributed by atoms with E-state index in [-0.39, 0.29) is 39.7 Å². The third-order valence-corrected chi connectivity index (χ3v) is 5.30. The van der Waals surface area contributed by atoms with Crippen molar-refractivity contribution in [2.45, 2.75) is 0 Å². The second-order valence-corrected chi connectivity index (χ2v) is 8.03. The van der Waals surface area contributed by atoms with Crippen LogP contribution in [0.25, 0.3) is 23.3 Å². The molecule has 0 aliphatic rings. The fourth-order valence-electron chi connectivity index (χ4n) is 3.33. The van der Waals surface area contributed by atoms with Crippen LogP contribution in [0, 0.1) is 11.6 Å². The highest BCUT2D eigenvalue weighted by molar-refractivity contribution is 5.88. The van der Waals surface area contributed by atoms with Crippen LogP contribution >= 0.6 is 0 Å². The summed E-state index contributed by atoms with van der Waals surface area (Å²) in [5.41, 5.74) is 0.208. The molecule has 0 unspecified atom stereocenters. The standard InChI is InChI=1S/C32H22F2O8/c1-5-27(35)39-23-15-10-19(17-25(23)41-29(37)7-3)9-11-20-12-14-22(32(34)31(20)33)21-13-16-24(40-28(36)6-2)26(18-21)42-30(38)8-4/h5-18H,1-4H2/b11-9+. The molecule has 212 valence electrons. The quantitative estimate of drug-likeness (QED) is 0.116. The second-order valence-electron chi connectivity index (χ2n) is 8.03. The lowest BCUT2D eigenvalue weighted by Gasteiger charge is -2.12. The normalized spacial score (nSPS) is 10.3. The minimum absolute atomic E-state index is 0.0720. The molecule has 0 N–H and O–H groups in total. The van der Waals surface area contributed by atoms with Gasteiger partial charge in [-0.3, -0.25) is 0 Å². The first-order valence-electron chi connectivity index (χ1n) is 11.9. The topological polar surface area (TPSA) is 105 Å². The fraction of sp³-hybridized carbons (Fsp3) is 0. The summed E-state index contributed by atoms with van der Waals surface area (Å²) >= 11 is 0. The third kappa shape index (κ3) is 7.60. The van der Waals surface area contributed by atoms with Gasteiger partial charge in [0.1, 0.15) is 0 Å². The largest absolute Gasteiger partial charge is 0.419 e. The Bertz CT molecular complexity index is 1650. The summed E-state index contributed by atoms with van der Waals surface area (Å²) in [4.78, 5) is 46.7. The van der Waals surface area contributed by atoms with Crippen LogP contribution in [-0.4, -0.2) is 23.9 Å². The number of hydrogen-bond acceptors (Lipinski definition) is 8. The molecule has 8 nitrogen and oxygen atoms in total. The molecule has 0 bridgehead atoms. The maximum atomic E-state index is 15.2. The van der Waals surface area contributed by atoms with E-state index in [1.807, 2.05) is 0 Å². The van der Waals surface area contributed by atoms with Crippen molar-refractivity contribution in [1.82, 2.24) is 0 Å². The van der Waals surface area contributed by atoms with Crippen molar-refractivity contribution in [3.63, 3.8) is 0 Å². The lowest BCUT2D eigenvalue weighted by Crippen LogP contribution is -2.08. The van der Waals surface area contributed by atoms with Crippen LogP contribution in [0.3, 0.4) is 0 Å². The van der Waals surface area contributed by atoms with Crippen molar-refractivity contribution in [2.24, 2.45) is 0 Å². The van der Waals surface area contributed by atoms with E-state index in [9.17, 15) is 19.2 Å². The number of carbonyl (C=O) groups excluding carboxylic acids is 4. The number of hydrogen-bond donors (Lipinski definition) is 0. The number of esters is 4. The predicted octanol–water partition coefficient (Wildman–Crippen LogP) is 6.17. The van der Waals surface area contributed by atoms with Crippen molar-refractivity contribution >= 4 is 36.0 Å². The van der Waals surface area contributed by atoms with E-state index in [1.165, 1.54) is 60.7 Å². The van der Waals surface area contributed by atoms with E-state index in [0.29, 0.717) is 5.56 Å². The SMILES string of the molecule is C=CC(=O)Oc1ccc(/C=C/c2ccc(-c3ccc(OC(=O)C=C)c(OC(=O)C=C)c3)c(F)c2F)cc1OC(=O)C=C. The van der Waals surface area contributed by atoms with Gasteiger partial charge in [-0.1, -0.05) is 62.7 Å². The zero-order chi connectivity index (χ0) is 30.8. The van der Waals surface area contributed by atoms with Gasteiger partial charge in [-0.15, -0.1) is 0 Å². The van der Waals surface area contributed by atoms with Crippen LogP contribution in [0.5, 0.6) is 23.0 Å². The molecule has 3 aromatic carbocycles. The first-order chi connectivity index (χ1) is 20.1. The van der Waals surface area contributed by atoms with E-state index < -0.39 is 35.5 Å². The van der Waals surface area contributed by atoms with Crippen LogP contribution in [-0.2, 0) is 19.2 Å². The highest BCUT2D eigenvalue weighted by Crippen LogP contribution is 2.36. The lowest BCUT2D eigenvalue weighted by molar-refractivity contribution is -0.131. The number of halogens is 2. The number of carbonyl (C=O) groups is 4. The van der Waals surface area contributed by atoms with Crippen molar-refractivity contribution in [1.29, 1.82) is 0 Å². The molecule has 0 saturated carbocycles. The molecule has 0 atom stereocenters. The Morgan fingerprint density at radius 1 is 0.548 bits per heavy atom.